The summed E-state index contributed by atoms with van der Waals surface area (Å²) < 4.78 is 51.4. The fraction of sp³-hybridized carbons (Fsp3) is 0.143. The van der Waals surface area contributed by atoms with Gasteiger partial charge in [0.1, 0.15) is 5.82 Å². The number of benzene rings is 1. The van der Waals surface area contributed by atoms with Gasteiger partial charge in [0.15, 0.2) is 0 Å². The van der Waals surface area contributed by atoms with Crippen LogP contribution in [0.25, 0.3) is 0 Å². The van der Waals surface area contributed by atoms with Gasteiger partial charge in [-0.1, -0.05) is 6.92 Å². The molecule has 0 aliphatic carbocycles. The third kappa shape index (κ3) is 3.26. The summed E-state index contributed by atoms with van der Waals surface area (Å²) in [5, 5.41) is 2.59. The molecular formula is C14H11F4N2. The Morgan fingerprint density at radius 3 is 2.45 bits per heavy atom. The average molecular weight is 283 g/mol. The lowest BCUT2D eigenvalue weighted by atomic mass is 10.1. The lowest BCUT2D eigenvalue weighted by molar-refractivity contribution is -0.137. The molecule has 0 atom stereocenters. The molecule has 0 aliphatic rings. The predicted octanol–water partition coefficient (Wildman–Crippen LogP) is 4.56. The summed E-state index contributed by atoms with van der Waals surface area (Å²) in [4.78, 5) is 4.03. The highest BCUT2D eigenvalue weighted by atomic mass is 19.4. The van der Waals surface area contributed by atoms with Crippen molar-refractivity contribution in [1.29, 1.82) is 0 Å². The number of aromatic nitrogens is 1. The molecule has 0 saturated heterocycles. The maximum absolute atomic E-state index is 13.0. The molecule has 2 rings (SSSR count). The summed E-state index contributed by atoms with van der Waals surface area (Å²) in [5.41, 5.74) is -0.157. The molecule has 0 bridgehead atoms. The summed E-state index contributed by atoms with van der Waals surface area (Å²) in [5.74, 6) is -0.933. The van der Waals surface area contributed by atoms with Crippen molar-refractivity contribution in [2.45, 2.75) is 13.1 Å². The van der Waals surface area contributed by atoms with E-state index in [1.807, 2.05) is 0 Å². The zero-order chi connectivity index (χ0) is 14.8. The topological polar surface area (TPSA) is 24.9 Å². The maximum Gasteiger partial charge on any atom is 0.418 e. The number of hydrogen-bond donors (Lipinski definition) is 1. The van der Waals surface area contributed by atoms with E-state index < -0.39 is 17.6 Å². The van der Waals surface area contributed by atoms with E-state index in [0.29, 0.717) is 17.4 Å². The van der Waals surface area contributed by atoms with Crippen LogP contribution in [0.2, 0.25) is 0 Å². The Hall–Kier alpha value is -2.11. The zero-order valence-corrected chi connectivity index (χ0v) is 10.5. The van der Waals surface area contributed by atoms with Crippen molar-refractivity contribution in [2.24, 2.45) is 0 Å². The monoisotopic (exact) mass is 283 g/mol. The van der Waals surface area contributed by atoms with Crippen LogP contribution in [0, 0.1) is 12.2 Å². The molecule has 2 nitrogen and oxygen atoms in total. The van der Waals surface area contributed by atoms with Gasteiger partial charge in [-0.3, -0.25) is 4.98 Å². The highest BCUT2D eigenvalue weighted by Crippen LogP contribution is 2.36. The number of anilines is 2. The second-order valence-electron chi connectivity index (χ2n) is 4.07. The van der Waals surface area contributed by atoms with Crippen LogP contribution in [0.1, 0.15) is 18.2 Å². The van der Waals surface area contributed by atoms with Crippen LogP contribution in [0.5, 0.6) is 0 Å². The van der Waals surface area contributed by atoms with Gasteiger partial charge in [0.05, 0.1) is 23.1 Å². The number of hydrogen-bond acceptors (Lipinski definition) is 2. The van der Waals surface area contributed by atoms with Crippen LogP contribution < -0.4 is 5.32 Å². The predicted molar refractivity (Wildman–Crippen MR) is 68.0 cm³/mol. The minimum absolute atomic E-state index is 0.214. The molecule has 0 saturated carbocycles. The van der Waals surface area contributed by atoms with Gasteiger partial charge in [0.2, 0.25) is 0 Å². The Bertz CT molecular complexity index is 591. The number of nitrogens with one attached hydrogen (secondary N) is 1. The molecule has 105 valence electrons. The zero-order valence-electron chi connectivity index (χ0n) is 10.5. The second-order valence-corrected chi connectivity index (χ2v) is 4.07. The van der Waals surface area contributed by atoms with Gasteiger partial charge >= 0.3 is 6.18 Å². The van der Waals surface area contributed by atoms with Gasteiger partial charge in [-0.2, -0.15) is 13.2 Å². The molecule has 20 heavy (non-hydrogen) atoms. The first-order valence-corrected chi connectivity index (χ1v) is 5.79. The molecule has 1 radical (unpaired) electrons. The number of nitrogens with zero attached hydrogens (tertiary/aromatic N) is 1. The van der Waals surface area contributed by atoms with E-state index >= 15 is 0 Å². The molecule has 0 amide bonds. The molecule has 2 aromatic rings. The van der Waals surface area contributed by atoms with Gasteiger partial charge in [-0.05, 0) is 30.3 Å². The second kappa shape index (κ2) is 5.48. The summed E-state index contributed by atoms with van der Waals surface area (Å²) >= 11 is 0. The van der Waals surface area contributed by atoms with Crippen LogP contribution in [0.3, 0.4) is 0 Å². The summed E-state index contributed by atoms with van der Waals surface area (Å²) in [6.07, 6.45) is -1.45. The first-order chi connectivity index (χ1) is 9.40. The van der Waals surface area contributed by atoms with E-state index in [4.69, 9.17) is 0 Å². The van der Waals surface area contributed by atoms with E-state index in [-0.39, 0.29) is 5.69 Å². The number of alkyl halides is 3. The quantitative estimate of drug-likeness (QED) is 0.835. The van der Waals surface area contributed by atoms with Crippen LogP contribution in [0.15, 0.2) is 36.5 Å². The van der Waals surface area contributed by atoms with Crippen LogP contribution in [-0.2, 0) is 6.18 Å². The van der Waals surface area contributed by atoms with Gasteiger partial charge in [-0.25, -0.2) is 4.39 Å². The Morgan fingerprint density at radius 1 is 1.15 bits per heavy atom. The Morgan fingerprint density at radius 2 is 1.90 bits per heavy atom. The Labute approximate surface area is 113 Å². The molecule has 0 unspecified atom stereocenters. The summed E-state index contributed by atoms with van der Waals surface area (Å²) in [6, 6.07) is 5.76. The highest BCUT2D eigenvalue weighted by molar-refractivity contribution is 5.63. The molecule has 0 aliphatic heterocycles. The van der Waals surface area contributed by atoms with Crippen LogP contribution in [-0.4, -0.2) is 4.98 Å². The molecule has 1 heterocycles. The number of rotatable bonds is 3. The standard InChI is InChI=1S/C14H11F4N2/c1-2-10-4-5-11(8-19-10)20-13-6-3-9(15)7-12(13)14(16,17)18/h2-8,20H,1H3. The molecule has 6 heteroatoms. The third-order valence-corrected chi connectivity index (χ3v) is 2.65. The average Bonchev–Trinajstić information content (AvgIpc) is 2.40. The lowest BCUT2D eigenvalue weighted by Gasteiger charge is -2.14. The van der Waals surface area contributed by atoms with Gasteiger partial charge < -0.3 is 5.32 Å². The van der Waals surface area contributed by atoms with Crippen molar-refractivity contribution < 1.29 is 17.6 Å². The fourth-order valence-corrected chi connectivity index (χ4v) is 1.67. The van der Waals surface area contributed by atoms with Crippen molar-refractivity contribution in [2.75, 3.05) is 5.32 Å². The van der Waals surface area contributed by atoms with Crippen molar-refractivity contribution >= 4 is 11.4 Å². The fourth-order valence-electron chi connectivity index (χ4n) is 1.67. The van der Waals surface area contributed by atoms with Crippen molar-refractivity contribution in [3.8, 4) is 0 Å². The SMILES string of the molecule is C[CH]c1ccc(Nc2ccc(F)cc2C(F)(F)F)cn1. The number of halogens is 4. The summed E-state index contributed by atoms with van der Waals surface area (Å²) in [6.45, 7) is 1.80. The molecule has 0 fully saturated rings. The van der Waals surface area contributed by atoms with E-state index in [2.05, 4.69) is 10.3 Å². The minimum atomic E-state index is -4.63. The van der Waals surface area contributed by atoms with Gasteiger partial charge in [-0.15, -0.1) is 0 Å². The molecule has 1 aromatic heterocycles. The molecule has 1 N–H and O–H groups in total. The smallest absolute Gasteiger partial charge is 0.354 e. The normalized spacial score (nSPS) is 11.4. The Balaban J connectivity index is 2.32. The molecular weight excluding hydrogens is 272 g/mol. The van der Waals surface area contributed by atoms with Crippen molar-refractivity contribution in [3.05, 3.63) is 60.0 Å². The van der Waals surface area contributed by atoms with Crippen LogP contribution in [0.4, 0.5) is 28.9 Å². The molecule has 0 spiro atoms. The summed E-state index contributed by atoms with van der Waals surface area (Å²) in [7, 11) is 0. The lowest BCUT2D eigenvalue weighted by Crippen LogP contribution is -2.09. The van der Waals surface area contributed by atoms with Gasteiger partial charge in [0, 0.05) is 12.1 Å². The van der Waals surface area contributed by atoms with E-state index in [1.54, 1.807) is 25.5 Å². The largest absolute Gasteiger partial charge is 0.418 e. The van der Waals surface area contributed by atoms with E-state index in [9.17, 15) is 17.6 Å². The van der Waals surface area contributed by atoms with Gasteiger partial charge in [0.25, 0.3) is 0 Å². The number of pyridine rings is 1. The maximum atomic E-state index is 13.0. The highest BCUT2D eigenvalue weighted by Gasteiger charge is 2.34. The molecule has 1 aromatic carbocycles. The Kier molecular flexibility index (Phi) is 3.92. The first kappa shape index (κ1) is 14.3. The van der Waals surface area contributed by atoms with Crippen molar-refractivity contribution in [1.82, 2.24) is 4.98 Å². The van der Waals surface area contributed by atoms with E-state index in [1.165, 1.54) is 6.20 Å². The third-order valence-electron chi connectivity index (χ3n) is 2.65. The first-order valence-electron chi connectivity index (χ1n) is 5.79. The van der Waals surface area contributed by atoms with Crippen LogP contribution >= 0.6 is 0 Å². The minimum Gasteiger partial charge on any atom is -0.354 e. The van der Waals surface area contributed by atoms with Crippen molar-refractivity contribution in [3.63, 3.8) is 0 Å². The van der Waals surface area contributed by atoms with E-state index in [0.717, 1.165) is 12.1 Å².